The molecular weight excluding hydrogens is 242 g/mol. The van der Waals surface area contributed by atoms with Crippen LogP contribution in [0.4, 0.5) is 0 Å². The molecule has 1 aliphatic heterocycles. The summed E-state index contributed by atoms with van der Waals surface area (Å²) >= 11 is 0. The Labute approximate surface area is 124 Å². The van der Waals surface area contributed by atoms with Gasteiger partial charge in [0.25, 0.3) is 0 Å². The highest BCUT2D eigenvalue weighted by Crippen LogP contribution is 2.32. The fourth-order valence-electron chi connectivity index (χ4n) is 3.96. The van der Waals surface area contributed by atoms with Crippen LogP contribution in [-0.4, -0.2) is 13.1 Å². The molecule has 110 valence electrons. The van der Waals surface area contributed by atoms with Gasteiger partial charge in [0.2, 0.25) is 0 Å². The summed E-state index contributed by atoms with van der Waals surface area (Å²) < 4.78 is 0. The molecule has 0 unspecified atom stereocenters. The molecule has 1 saturated carbocycles. The van der Waals surface area contributed by atoms with Crippen LogP contribution in [0.25, 0.3) is 0 Å². The number of benzene rings is 1. The lowest BCUT2D eigenvalue weighted by Crippen LogP contribution is -2.28. The average molecular weight is 271 g/mol. The molecule has 1 heterocycles. The van der Waals surface area contributed by atoms with E-state index in [-0.39, 0.29) is 0 Å². The van der Waals surface area contributed by atoms with Crippen molar-refractivity contribution in [2.24, 2.45) is 5.92 Å². The van der Waals surface area contributed by atoms with Crippen LogP contribution in [-0.2, 0) is 6.42 Å². The Kier molecular flexibility index (Phi) is 5.13. The zero-order chi connectivity index (χ0) is 13.6. The molecule has 2 fully saturated rings. The summed E-state index contributed by atoms with van der Waals surface area (Å²) in [6, 6.07) is 9.66. The van der Waals surface area contributed by atoms with Crippen LogP contribution in [0.2, 0.25) is 0 Å². The molecule has 1 N–H and O–H groups in total. The molecule has 1 aliphatic carbocycles. The molecule has 1 aromatic rings. The Bertz CT molecular complexity index is 381. The summed E-state index contributed by atoms with van der Waals surface area (Å²) in [5, 5.41) is 3.46. The van der Waals surface area contributed by atoms with Crippen molar-refractivity contribution in [3.05, 3.63) is 35.4 Å². The van der Waals surface area contributed by atoms with E-state index in [0.29, 0.717) is 0 Å². The lowest BCUT2D eigenvalue weighted by molar-refractivity contribution is 0.372. The van der Waals surface area contributed by atoms with E-state index in [2.05, 4.69) is 29.6 Å². The van der Waals surface area contributed by atoms with Gasteiger partial charge in [-0.25, -0.2) is 0 Å². The minimum Gasteiger partial charge on any atom is -0.317 e. The highest BCUT2D eigenvalue weighted by atomic mass is 14.9. The molecule has 0 atom stereocenters. The lowest BCUT2D eigenvalue weighted by atomic mass is 9.88. The normalized spacial score (nSPS) is 22.6. The number of nitrogens with one attached hydrogen (secondary N) is 1. The second-order valence-corrected chi connectivity index (χ2v) is 6.83. The molecule has 0 spiro atoms. The standard InChI is InChI=1S/C19H29N/c1-2-4-6-18(5-3-1)19-9-7-16(8-10-19)15-17-11-13-20-14-12-17/h7-10,17-18,20H,1-6,11-15H2. The first-order valence-electron chi connectivity index (χ1n) is 8.71. The summed E-state index contributed by atoms with van der Waals surface area (Å²) in [6.45, 7) is 2.43. The third-order valence-electron chi connectivity index (χ3n) is 5.29. The van der Waals surface area contributed by atoms with Crippen molar-refractivity contribution in [1.82, 2.24) is 5.32 Å². The minimum absolute atomic E-state index is 0.838. The fraction of sp³-hybridized carbons (Fsp3) is 0.684. The Hall–Kier alpha value is -0.820. The van der Waals surface area contributed by atoms with Gasteiger partial charge in [0.1, 0.15) is 0 Å². The van der Waals surface area contributed by atoms with Crippen molar-refractivity contribution in [2.45, 2.75) is 63.7 Å². The van der Waals surface area contributed by atoms with Crippen LogP contribution in [0.15, 0.2) is 24.3 Å². The molecule has 20 heavy (non-hydrogen) atoms. The average Bonchev–Trinajstić information content (AvgIpc) is 2.78. The van der Waals surface area contributed by atoms with Gasteiger partial charge in [-0.2, -0.15) is 0 Å². The van der Waals surface area contributed by atoms with E-state index in [1.54, 1.807) is 11.1 Å². The van der Waals surface area contributed by atoms with Gasteiger partial charge in [0, 0.05) is 0 Å². The maximum Gasteiger partial charge on any atom is -0.00462 e. The van der Waals surface area contributed by atoms with Crippen LogP contribution in [0, 0.1) is 5.92 Å². The molecule has 1 saturated heterocycles. The largest absolute Gasteiger partial charge is 0.317 e. The zero-order valence-electron chi connectivity index (χ0n) is 12.7. The predicted octanol–water partition coefficient (Wildman–Crippen LogP) is 4.67. The number of hydrogen-bond acceptors (Lipinski definition) is 1. The van der Waals surface area contributed by atoms with E-state index in [9.17, 15) is 0 Å². The number of hydrogen-bond donors (Lipinski definition) is 1. The van der Waals surface area contributed by atoms with Crippen molar-refractivity contribution < 1.29 is 0 Å². The second-order valence-electron chi connectivity index (χ2n) is 6.83. The zero-order valence-corrected chi connectivity index (χ0v) is 12.7. The Morgan fingerprint density at radius 2 is 1.45 bits per heavy atom. The van der Waals surface area contributed by atoms with Gasteiger partial charge in [-0.3, -0.25) is 0 Å². The van der Waals surface area contributed by atoms with Gasteiger partial charge < -0.3 is 5.32 Å². The van der Waals surface area contributed by atoms with E-state index >= 15 is 0 Å². The molecule has 1 aromatic carbocycles. The fourth-order valence-corrected chi connectivity index (χ4v) is 3.96. The van der Waals surface area contributed by atoms with Gasteiger partial charge in [0.15, 0.2) is 0 Å². The summed E-state index contributed by atoms with van der Waals surface area (Å²) in [5.41, 5.74) is 3.15. The summed E-state index contributed by atoms with van der Waals surface area (Å²) in [7, 11) is 0. The minimum atomic E-state index is 0.838. The Morgan fingerprint density at radius 1 is 0.800 bits per heavy atom. The van der Waals surface area contributed by atoms with Gasteiger partial charge in [0.05, 0.1) is 0 Å². The van der Waals surface area contributed by atoms with E-state index in [0.717, 1.165) is 11.8 Å². The van der Waals surface area contributed by atoms with Gasteiger partial charge >= 0.3 is 0 Å². The predicted molar refractivity (Wildman–Crippen MR) is 86.2 cm³/mol. The lowest BCUT2D eigenvalue weighted by Gasteiger charge is -2.23. The molecule has 3 rings (SSSR count). The van der Waals surface area contributed by atoms with Crippen LogP contribution in [0.3, 0.4) is 0 Å². The van der Waals surface area contributed by atoms with Crippen molar-refractivity contribution in [2.75, 3.05) is 13.1 Å². The first-order valence-corrected chi connectivity index (χ1v) is 8.71. The van der Waals surface area contributed by atoms with E-state index < -0.39 is 0 Å². The Balaban J connectivity index is 1.58. The van der Waals surface area contributed by atoms with Crippen molar-refractivity contribution >= 4 is 0 Å². The van der Waals surface area contributed by atoms with Crippen LogP contribution in [0.5, 0.6) is 0 Å². The monoisotopic (exact) mass is 271 g/mol. The Morgan fingerprint density at radius 3 is 2.10 bits per heavy atom. The molecule has 0 bridgehead atoms. The van der Waals surface area contributed by atoms with Crippen LogP contribution in [0.1, 0.15) is 68.4 Å². The highest BCUT2D eigenvalue weighted by Gasteiger charge is 2.16. The smallest absolute Gasteiger partial charge is 0.00462 e. The second kappa shape index (κ2) is 7.26. The van der Waals surface area contributed by atoms with Gasteiger partial charge in [-0.05, 0) is 68.2 Å². The number of rotatable bonds is 3. The van der Waals surface area contributed by atoms with Crippen molar-refractivity contribution in [3.63, 3.8) is 0 Å². The maximum absolute atomic E-state index is 3.46. The summed E-state index contributed by atoms with van der Waals surface area (Å²) in [4.78, 5) is 0. The first-order chi connectivity index (χ1) is 9.92. The van der Waals surface area contributed by atoms with Crippen LogP contribution >= 0.6 is 0 Å². The first kappa shape index (κ1) is 14.1. The van der Waals surface area contributed by atoms with Crippen molar-refractivity contribution in [3.8, 4) is 0 Å². The topological polar surface area (TPSA) is 12.0 Å². The molecule has 0 radical (unpaired) electrons. The van der Waals surface area contributed by atoms with E-state index in [1.165, 1.54) is 70.9 Å². The number of piperidine rings is 1. The van der Waals surface area contributed by atoms with E-state index in [1.807, 2.05) is 0 Å². The third-order valence-corrected chi connectivity index (χ3v) is 5.29. The molecule has 1 nitrogen and oxygen atoms in total. The quantitative estimate of drug-likeness (QED) is 0.788. The molecule has 0 aromatic heterocycles. The molecular formula is C19H29N. The summed E-state index contributed by atoms with van der Waals surface area (Å²) in [5.74, 6) is 1.74. The molecule has 2 aliphatic rings. The van der Waals surface area contributed by atoms with Crippen LogP contribution < -0.4 is 5.32 Å². The van der Waals surface area contributed by atoms with E-state index in [4.69, 9.17) is 0 Å². The van der Waals surface area contributed by atoms with Crippen molar-refractivity contribution in [1.29, 1.82) is 0 Å². The SMILES string of the molecule is c1cc(C2CCCCCC2)ccc1CC1CCNCC1. The molecule has 0 amide bonds. The summed E-state index contributed by atoms with van der Waals surface area (Å²) in [6.07, 6.45) is 12.6. The van der Waals surface area contributed by atoms with Gasteiger partial charge in [-0.15, -0.1) is 0 Å². The molecule has 1 heteroatoms. The van der Waals surface area contributed by atoms with Gasteiger partial charge in [-0.1, -0.05) is 49.9 Å². The maximum atomic E-state index is 3.46. The third kappa shape index (κ3) is 3.85. The highest BCUT2D eigenvalue weighted by molar-refractivity contribution is 5.26.